The van der Waals surface area contributed by atoms with Gasteiger partial charge in [-0.1, -0.05) is 13.8 Å². The van der Waals surface area contributed by atoms with E-state index >= 15 is 0 Å². The van der Waals surface area contributed by atoms with E-state index in [9.17, 15) is 5.11 Å². The number of aliphatic imine (C=N–C) groups is 1. The average Bonchev–Trinajstić information content (AvgIpc) is 2.80. The zero-order chi connectivity index (χ0) is 18.1. The first-order valence-electron chi connectivity index (χ1n) is 8.78. The van der Waals surface area contributed by atoms with E-state index in [0.717, 1.165) is 42.9 Å². The number of nitrogens with one attached hydrogen (secondary N) is 1. The van der Waals surface area contributed by atoms with Crippen LogP contribution in [0.15, 0.2) is 21.7 Å². The molecule has 1 aromatic rings. The highest BCUT2D eigenvalue weighted by atomic mass is 127. The maximum Gasteiger partial charge on any atom is 0.194 e. The van der Waals surface area contributed by atoms with Crippen molar-refractivity contribution in [3.63, 3.8) is 0 Å². The fraction of sp³-hybridized carbons (Fsp3) is 0.722. The van der Waals surface area contributed by atoms with Crippen molar-refractivity contribution in [2.45, 2.75) is 40.2 Å². The van der Waals surface area contributed by atoms with Gasteiger partial charge in [0, 0.05) is 50.2 Å². The minimum Gasteiger partial charge on any atom is -0.396 e. The Bertz CT molecular complexity index is 519. The largest absolute Gasteiger partial charge is 0.396 e. The number of hydrogen-bond donors (Lipinski definition) is 2. The first-order chi connectivity index (χ1) is 11.4. The van der Waals surface area contributed by atoms with Gasteiger partial charge in [0.1, 0.15) is 0 Å². The summed E-state index contributed by atoms with van der Waals surface area (Å²) in [5.41, 5.74) is 1.23. The molecule has 1 rings (SSSR count). The Labute approximate surface area is 178 Å². The Morgan fingerprint density at radius 3 is 2.60 bits per heavy atom. The van der Waals surface area contributed by atoms with Crippen LogP contribution in [-0.4, -0.2) is 47.3 Å². The molecule has 7 heteroatoms. The number of hydrogen-bond acceptors (Lipinski definition) is 2. The molecule has 0 radical (unpaired) electrons. The summed E-state index contributed by atoms with van der Waals surface area (Å²) in [7, 11) is 4.11. The molecule has 0 bridgehead atoms. The molecule has 1 heterocycles. The number of rotatable bonds is 9. The van der Waals surface area contributed by atoms with E-state index in [-0.39, 0.29) is 30.6 Å². The van der Waals surface area contributed by atoms with Gasteiger partial charge < -0.3 is 19.9 Å². The first kappa shape index (κ1) is 24.7. The molecule has 0 amide bonds. The zero-order valence-corrected chi connectivity index (χ0v) is 20.0. The summed E-state index contributed by atoms with van der Waals surface area (Å²) in [6, 6.07) is 2.13. The van der Waals surface area contributed by atoms with Gasteiger partial charge >= 0.3 is 0 Å². The molecule has 0 saturated carbocycles. The maximum absolute atomic E-state index is 9.27. The van der Waals surface area contributed by atoms with Gasteiger partial charge in [-0.3, -0.25) is 4.99 Å². The molecule has 0 saturated heterocycles. The van der Waals surface area contributed by atoms with Crippen molar-refractivity contribution in [2.24, 2.45) is 23.9 Å². The fourth-order valence-electron chi connectivity index (χ4n) is 2.86. The lowest BCUT2D eigenvalue weighted by atomic mass is 9.94. The van der Waals surface area contributed by atoms with Gasteiger partial charge in [0.05, 0.1) is 6.54 Å². The second kappa shape index (κ2) is 13.0. The average molecular weight is 529 g/mol. The molecule has 1 atom stereocenters. The summed E-state index contributed by atoms with van der Waals surface area (Å²) in [5, 5.41) is 12.6. The number of aryl methyl sites for hydroxylation is 1. The van der Waals surface area contributed by atoms with Crippen molar-refractivity contribution in [1.82, 2.24) is 14.8 Å². The minimum absolute atomic E-state index is 0. The molecule has 1 aromatic heterocycles. The highest BCUT2D eigenvalue weighted by Crippen LogP contribution is 2.17. The van der Waals surface area contributed by atoms with Gasteiger partial charge in [0.25, 0.3) is 0 Å². The van der Waals surface area contributed by atoms with Crippen LogP contribution in [0.1, 0.15) is 39.3 Å². The summed E-state index contributed by atoms with van der Waals surface area (Å²) >= 11 is 3.52. The van der Waals surface area contributed by atoms with E-state index in [2.05, 4.69) is 77.8 Å². The Morgan fingerprint density at radius 1 is 1.44 bits per heavy atom. The van der Waals surface area contributed by atoms with Crippen molar-refractivity contribution < 1.29 is 5.11 Å². The highest BCUT2D eigenvalue weighted by molar-refractivity contribution is 14.0. The summed E-state index contributed by atoms with van der Waals surface area (Å²) in [5.74, 6) is 1.97. The van der Waals surface area contributed by atoms with Crippen LogP contribution in [0.3, 0.4) is 0 Å². The standard InChI is InChI=1S/C18H33BrN4O.HI/c1-6-20-18(21-11-15(7-8-24)9-14(2)3)23(5)13-17-10-16(19)12-22(17)4;/h10,12,14-15,24H,6-9,11,13H2,1-5H3,(H,20,21);1H. The Kier molecular flexibility index (Phi) is 12.8. The van der Waals surface area contributed by atoms with Crippen LogP contribution in [-0.2, 0) is 13.6 Å². The molecule has 25 heavy (non-hydrogen) atoms. The van der Waals surface area contributed by atoms with Crippen LogP contribution in [0.5, 0.6) is 0 Å². The summed E-state index contributed by atoms with van der Waals surface area (Å²) < 4.78 is 3.22. The van der Waals surface area contributed by atoms with Crippen molar-refractivity contribution >= 4 is 45.9 Å². The van der Waals surface area contributed by atoms with E-state index < -0.39 is 0 Å². The molecule has 0 aromatic carbocycles. The Balaban J connectivity index is 0.00000576. The first-order valence-corrected chi connectivity index (χ1v) is 9.57. The number of aromatic nitrogens is 1. The molecule has 0 spiro atoms. The van der Waals surface area contributed by atoms with Crippen LogP contribution < -0.4 is 5.32 Å². The van der Waals surface area contributed by atoms with Crippen molar-refractivity contribution in [2.75, 3.05) is 26.7 Å². The number of aliphatic hydroxyl groups excluding tert-OH is 1. The smallest absolute Gasteiger partial charge is 0.194 e. The quantitative estimate of drug-likeness (QED) is 0.291. The van der Waals surface area contributed by atoms with Crippen molar-refractivity contribution in [3.8, 4) is 0 Å². The lowest BCUT2D eigenvalue weighted by molar-refractivity contribution is 0.245. The SMILES string of the molecule is CCNC(=NCC(CCO)CC(C)C)N(C)Cc1cc(Br)cn1C.I. The third kappa shape index (κ3) is 9.28. The topological polar surface area (TPSA) is 52.8 Å². The number of guanidine groups is 1. The monoisotopic (exact) mass is 528 g/mol. The van der Waals surface area contributed by atoms with Gasteiger partial charge in [-0.2, -0.15) is 0 Å². The highest BCUT2D eigenvalue weighted by Gasteiger charge is 2.13. The van der Waals surface area contributed by atoms with E-state index in [0.29, 0.717) is 11.8 Å². The minimum atomic E-state index is 0. The lowest BCUT2D eigenvalue weighted by Crippen LogP contribution is -2.39. The molecule has 2 N–H and O–H groups in total. The predicted molar refractivity (Wildman–Crippen MR) is 121 cm³/mol. The molecule has 0 aliphatic carbocycles. The van der Waals surface area contributed by atoms with Gasteiger partial charge in [0.2, 0.25) is 0 Å². The number of aliphatic hydroxyl groups is 1. The molecule has 1 unspecified atom stereocenters. The van der Waals surface area contributed by atoms with Gasteiger partial charge in [-0.05, 0) is 53.6 Å². The molecule has 146 valence electrons. The van der Waals surface area contributed by atoms with Crippen LogP contribution in [0, 0.1) is 11.8 Å². The van der Waals surface area contributed by atoms with Crippen LogP contribution in [0.2, 0.25) is 0 Å². The van der Waals surface area contributed by atoms with Crippen LogP contribution in [0.4, 0.5) is 0 Å². The second-order valence-corrected chi connectivity index (χ2v) is 7.73. The number of halogens is 2. The summed E-state index contributed by atoms with van der Waals surface area (Å²) in [6.45, 7) is 9.15. The predicted octanol–water partition coefficient (Wildman–Crippen LogP) is 3.85. The van der Waals surface area contributed by atoms with E-state index in [4.69, 9.17) is 4.99 Å². The lowest BCUT2D eigenvalue weighted by Gasteiger charge is -2.23. The fourth-order valence-corrected chi connectivity index (χ4v) is 3.43. The van der Waals surface area contributed by atoms with Crippen molar-refractivity contribution in [1.29, 1.82) is 0 Å². The Morgan fingerprint density at radius 2 is 2.12 bits per heavy atom. The van der Waals surface area contributed by atoms with Crippen LogP contribution in [0.25, 0.3) is 0 Å². The third-order valence-electron chi connectivity index (χ3n) is 4.01. The van der Waals surface area contributed by atoms with Gasteiger partial charge in [-0.25, -0.2) is 0 Å². The molecule has 0 aliphatic heterocycles. The maximum atomic E-state index is 9.27. The normalized spacial score (nSPS) is 12.9. The summed E-state index contributed by atoms with van der Waals surface area (Å²) in [6.07, 6.45) is 3.97. The van der Waals surface area contributed by atoms with Gasteiger partial charge in [0.15, 0.2) is 5.96 Å². The number of nitrogens with zero attached hydrogens (tertiary/aromatic N) is 3. The molecular formula is C18H34BrIN4O. The summed E-state index contributed by atoms with van der Waals surface area (Å²) in [4.78, 5) is 6.97. The van der Waals surface area contributed by atoms with Crippen molar-refractivity contribution in [3.05, 3.63) is 22.4 Å². The molecule has 0 aliphatic rings. The Hall–Kier alpha value is -0.280. The second-order valence-electron chi connectivity index (χ2n) is 6.82. The van der Waals surface area contributed by atoms with E-state index in [1.807, 2.05) is 0 Å². The molecule has 0 fully saturated rings. The van der Waals surface area contributed by atoms with Crippen LogP contribution >= 0.6 is 39.9 Å². The third-order valence-corrected chi connectivity index (χ3v) is 4.45. The van der Waals surface area contributed by atoms with Gasteiger partial charge in [-0.15, -0.1) is 24.0 Å². The molecule has 5 nitrogen and oxygen atoms in total. The molecular weight excluding hydrogens is 495 g/mol. The van der Waals surface area contributed by atoms with E-state index in [1.165, 1.54) is 5.69 Å². The van der Waals surface area contributed by atoms with E-state index in [1.54, 1.807) is 0 Å². The zero-order valence-electron chi connectivity index (χ0n) is 16.1.